The number of tetrazole rings is 1. The van der Waals surface area contributed by atoms with E-state index in [4.69, 9.17) is 4.42 Å². The smallest absolute Gasteiger partial charge is 0.314 e. The fourth-order valence-electron chi connectivity index (χ4n) is 4.74. The quantitative estimate of drug-likeness (QED) is 0.419. The van der Waals surface area contributed by atoms with Crippen LogP contribution in [0.15, 0.2) is 46.9 Å². The molecule has 2 N–H and O–H groups in total. The number of aromatic nitrogens is 6. The summed E-state index contributed by atoms with van der Waals surface area (Å²) >= 11 is 0. The highest BCUT2D eigenvalue weighted by atomic mass is 19.3. The van der Waals surface area contributed by atoms with Crippen LogP contribution in [-0.2, 0) is 11.3 Å². The lowest BCUT2D eigenvalue weighted by atomic mass is 9.79. The highest BCUT2D eigenvalue weighted by Gasteiger charge is 2.42. The van der Waals surface area contributed by atoms with Crippen molar-refractivity contribution in [3.63, 3.8) is 0 Å². The van der Waals surface area contributed by atoms with Crippen LogP contribution in [0.3, 0.4) is 0 Å². The molecule has 0 atom stereocenters. The summed E-state index contributed by atoms with van der Waals surface area (Å²) in [6, 6.07) is 12.7. The van der Waals surface area contributed by atoms with Gasteiger partial charge in [-0.3, -0.25) is 4.79 Å². The number of nitrogens with zero attached hydrogens (tertiary/aromatic N) is 6. The Morgan fingerprint density at radius 1 is 0.972 bits per heavy atom. The number of benzene rings is 2. The van der Waals surface area contributed by atoms with Crippen LogP contribution in [0.4, 0.5) is 20.2 Å². The van der Waals surface area contributed by atoms with Gasteiger partial charge < -0.3 is 15.1 Å². The van der Waals surface area contributed by atoms with Crippen LogP contribution in [0.1, 0.15) is 50.0 Å². The molecule has 3 heterocycles. The Morgan fingerprint density at radius 2 is 1.75 bits per heavy atom. The van der Waals surface area contributed by atoms with Gasteiger partial charge >= 0.3 is 6.43 Å². The van der Waals surface area contributed by atoms with Gasteiger partial charge in [-0.15, -0.1) is 20.4 Å². The van der Waals surface area contributed by atoms with Crippen molar-refractivity contribution in [1.82, 2.24) is 30.4 Å². The summed E-state index contributed by atoms with van der Waals surface area (Å²) in [5, 5.41) is 26.4. The Labute approximate surface area is 204 Å². The van der Waals surface area contributed by atoms with E-state index in [2.05, 4.69) is 36.2 Å². The fourth-order valence-corrected chi connectivity index (χ4v) is 4.74. The van der Waals surface area contributed by atoms with Crippen molar-refractivity contribution < 1.29 is 18.0 Å². The van der Waals surface area contributed by atoms with E-state index < -0.39 is 17.9 Å². The monoisotopic (exact) mass is 492 g/mol. The standard InChI is InChI=1S/C24H22F2N8O2/c25-19(26)22-31-30-21(36-22)15-6-4-14(5-7-15)13-34-32-20(29-33-34)16-8-9-17-18(12-16)28-24(23(35)27-17)10-2-1-3-11-24/h4-9,12,19,28H,1-3,10-11,13H2,(H,27,35). The molecule has 36 heavy (non-hydrogen) atoms. The zero-order valence-corrected chi connectivity index (χ0v) is 19.1. The molecule has 0 unspecified atom stereocenters. The largest absolute Gasteiger partial charge is 0.415 e. The van der Waals surface area contributed by atoms with E-state index in [0.717, 1.165) is 54.6 Å². The SMILES string of the molecule is O=C1Nc2ccc(-c3nnn(Cc4ccc(-c5nnc(C(F)F)o5)cc4)n3)cc2NC12CCCCC2. The van der Waals surface area contributed by atoms with E-state index >= 15 is 0 Å². The van der Waals surface area contributed by atoms with Crippen LogP contribution in [0.25, 0.3) is 22.8 Å². The van der Waals surface area contributed by atoms with Crippen LogP contribution in [0, 0.1) is 0 Å². The first-order valence-corrected chi connectivity index (χ1v) is 11.7. The predicted octanol–water partition coefficient (Wildman–Crippen LogP) is 4.44. The topological polar surface area (TPSA) is 124 Å². The van der Waals surface area contributed by atoms with Gasteiger partial charge in [0.1, 0.15) is 5.54 Å². The molecule has 2 aromatic heterocycles. The van der Waals surface area contributed by atoms with Gasteiger partial charge in [0.05, 0.1) is 17.9 Å². The van der Waals surface area contributed by atoms with Gasteiger partial charge in [0.15, 0.2) is 0 Å². The fraction of sp³-hybridized carbons (Fsp3) is 0.333. The molecule has 10 nitrogen and oxygen atoms in total. The Balaban J connectivity index is 1.17. The molecule has 12 heteroatoms. The van der Waals surface area contributed by atoms with Gasteiger partial charge in [0.2, 0.25) is 17.6 Å². The van der Waals surface area contributed by atoms with E-state index in [1.54, 1.807) is 24.3 Å². The molecule has 1 fully saturated rings. The molecule has 2 aliphatic rings. The first-order chi connectivity index (χ1) is 17.5. The normalized spacial score (nSPS) is 16.6. The van der Waals surface area contributed by atoms with Crippen LogP contribution in [0.2, 0.25) is 0 Å². The van der Waals surface area contributed by atoms with Crippen molar-refractivity contribution in [1.29, 1.82) is 0 Å². The third-order valence-corrected chi connectivity index (χ3v) is 6.65. The average Bonchev–Trinajstić information content (AvgIpc) is 3.56. The number of carbonyl (C=O) groups excluding carboxylic acids is 1. The lowest BCUT2D eigenvalue weighted by molar-refractivity contribution is -0.121. The number of alkyl halides is 2. The summed E-state index contributed by atoms with van der Waals surface area (Å²) in [4.78, 5) is 14.2. The van der Waals surface area contributed by atoms with E-state index in [0.29, 0.717) is 17.9 Å². The number of carbonyl (C=O) groups is 1. The maximum atomic E-state index is 12.7. The number of fused-ring (bicyclic) bond motifs is 1. The molecule has 2 aromatic carbocycles. The lowest BCUT2D eigenvalue weighted by Crippen LogP contribution is -2.53. The minimum absolute atomic E-state index is 0.0326. The van der Waals surface area contributed by atoms with Crippen LogP contribution >= 0.6 is 0 Å². The molecule has 184 valence electrons. The summed E-state index contributed by atoms with van der Waals surface area (Å²) in [6.45, 7) is 0.363. The van der Waals surface area contributed by atoms with Crippen molar-refractivity contribution in [2.24, 2.45) is 0 Å². The summed E-state index contributed by atoms with van der Waals surface area (Å²) < 4.78 is 30.3. The Morgan fingerprint density at radius 3 is 2.50 bits per heavy atom. The summed E-state index contributed by atoms with van der Waals surface area (Å²) in [5.41, 5.74) is 3.26. The van der Waals surface area contributed by atoms with Gasteiger partial charge in [0, 0.05) is 11.1 Å². The summed E-state index contributed by atoms with van der Waals surface area (Å²) in [5.74, 6) is -0.172. The molecule has 1 spiro atoms. The number of nitrogens with one attached hydrogen (secondary N) is 2. The van der Waals surface area contributed by atoms with Gasteiger partial charge in [-0.1, -0.05) is 31.4 Å². The van der Waals surface area contributed by atoms with Crippen LogP contribution in [0.5, 0.6) is 0 Å². The summed E-state index contributed by atoms with van der Waals surface area (Å²) in [6.07, 6.45) is 2.02. The average molecular weight is 492 g/mol. The second-order valence-corrected chi connectivity index (χ2v) is 9.07. The number of amides is 1. The Kier molecular flexibility index (Phi) is 5.42. The first kappa shape index (κ1) is 22.3. The van der Waals surface area contributed by atoms with E-state index in [-0.39, 0.29) is 11.8 Å². The third kappa shape index (κ3) is 4.08. The molecular formula is C24H22F2N8O2. The number of rotatable bonds is 5. The number of halogens is 2. The number of anilines is 2. The maximum Gasteiger partial charge on any atom is 0.314 e. The highest BCUT2D eigenvalue weighted by Crippen LogP contribution is 2.40. The zero-order valence-electron chi connectivity index (χ0n) is 19.1. The van der Waals surface area contributed by atoms with E-state index in [1.165, 1.54) is 4.80 Å². The lowest BCUT2D eigenvalue weighted by Gasteiger charge is -2.41. The van der Waals surface area contributed by atoms with Crippen LogP contribution < -0.4 is 10.6 Å². The van der Waals surface area contributed by atoms with E-state index in [9.17, 15) is 13.6 Å². The Bertz CT molecular complexity index is 1410. The van der Waals surface area contributed by atoms with Gasteiger partial charge in [-0.05, 0) is 54.0 Å². The van der Waals surface area contributed by atoms with Crippen LogP contribution in [-0.4, -0.2) is 41.9 Å². The summed E-state index contributed by atoms with van der Waals surface area (Å²) in [7, 11) is 0. The van der Waals surface area contributed by atoms with Crippen molar-refractivity contribution >= 4 is 17.3 Å². The van der Waals surface area contributed by atoms with Crippen molar-refractivity contribution in [2.45, 2.75) is 50.6 Å². The molecular weight excluding hydrogens is 470 g/mol. The molecule has 1 aliphatic heterocycles. The molecule has 6 rings (SSSR count). The second-order valence-electron chi connectivity index (χ2n) is 9.07. The number of hydrogen-bond donors (Lipinski definition) is 2. The molecule has 0 radical (unpaired) electrons. The highest BCUT2D eigenvalue weighted by molar-refractivity contribution is 6.06. The molecule has 1 amide bonds. The minimum atomic E-state index is -2.81. The second kappa shape index (κ2) is 8.77. The van der Waals surface area contributed by atoms with Gasteiger partial charge in [-0.2, -0.15) is 13.6 Å². The van der Waals surface area contributed by atoms with Gasteiger partial charge in [-0.25, -0.2) is 0 Å². The van der Waals surface area contributed by atoms with Gasteiger partial charge in [0.25, 0.3) is 5.89 Å². The molecule has 0 saturated heterocycles. The van der Waals surface area contributed by atoms with Crippen molar-refractivity contribution in [2.75, 3.05) is 10.6 Å². The first-order valence-electron chi connectivity index (χ1n) is 11.7. The predicted molar refractivity (Wildman–Crippen MR) is 125 cm³/mol. The van der Waals surface area contributed by atoms with Crippen molar-refractivity contribution in [3.05, 3.63) is 53.9 Å². The Hall–Kier alpha value is -4.22. The molecule has 4 aromatic rings. The van der Waals surface area contributed by atoms with Crippen molar-refractivity contribution in [3.8, 4) is 22.8 Å². The molecule has 1 aliphatic carbocycles. The third-order valence-electron chi connectivity index (χ3n) is 6.65. The molecule has 0 bridgehead atoms. The maximum absolute atomic E-state index is 12.7. The minimum Gasteiger partial charge on any atom is -0.415 e. The number of hydrogen-bond acceptors (Lipinski definition) is 8. The zero-order chi connectivity index (χ0) is 24.7. The molecule has 1 saturated carbocycles. The van der Waals surface area contributed by atoms with E-state index in [1.807, 2.05) is 18.2 Å².